The first-order valence-corrected chi connectivity index (χ1v) is 6.19. The molecule has 2 rings (SSSR count). The normalized spacial score (nSPS) is 11.6. The molecule has 0 saturated heterocycles. The number of alkyl halides is 3. The topological polar surface area (TPSA) is 55.0 Å². The molecule has 2 aromatic heterocycles. The Hall–Kier alpha value is -1.83. The number of aromatic nitrogens is 2. The molecule has 4 nitrogen and oxygen atoms in total. The number of nitrogens with zero attached hydrogens (tertiary/aromatic N) is 3. The average molecular weight is 288 g/mol. The highest BCUT2D eigenvalue weighted by atomic mass is 32.1. The van der Waals surface area contributed by atoms with E-state index in [4.69, 9.17) is 5.73 Å². The van der Waals surface area contributed by atoms with Crippen molar-refractivity contribution < 1.29 is 13.2 Å². The Labute approximate surface area is 111 Å². The highest BCUT2D eigenvalue weighted by Crippen LogP contribution is 2.30. The summed E-state index contributed by atoms with van der Waals surface area (Å²) < 4.78 is 37.9. The van der Waals surface area contributed by atoms with E-state index >= 15 is 0 Å². The lowest BCUT2D eigenvalue weighted by molar-refractivity contribution is -0.141. The highest BCUT2D eigenvalue weighted by molar-refractivity contribution is 7.09. The van der Waals surface area contributed by atoms with Crippen LogP contribution in [0.4, 0.5) is 24.9 Å². The second-order valence-corrected chi connectivity index (χ2v) is 4.94. The summed E-state index contributed by atoms with van der Waals surface area (Å²) in [6.07, 6.45) is -4.53. The monoisotopic (exact) mass is 288 g/mol. The molecule has 102 valence electrons. The predicted octanol–water partition coefficient (Wildman–Crippen LogP) is 2.78. The van der Waals surface area contributed by atoms with E-state index in [1.807, 2.05) is 17.5 Å². The molecular formula is C11H11F3N4S. The standard InChI is InChI=1S/C11H11F3N4S/c1-18(6-7-3-2-4-19-7)9-5-8(11(12,13)14)16-10(15)17-9/h2-5H,6H2,1H3,(H2,15,16,17). The van der Waals surface area contributed by atoms with Crippen LogP contribution >= 0.6 is 11.3 Å². The fourth-order valence-electron chi connectivity index (χ4n) is 1.51. The average Bonchev–Trinajstić information content (AvgIpc) is 2.79. The third kappa shape index (κ3) is 3.34. The molecule has 0 amide bonds. The van der Waals surface area contributed by atoms with Crippen molar-refractivity contribution in [2.45, 2.75) is 12.7 Å². The quantitative estimate of drug-likeness (QED) is 0.943. The minimum absolute atomic E-state index is 0.147. The summed E-state index contributed by atoms with van der Waals surface area (Å²) in [4.78, 5) is 9.65. The fraction of sp³-hybridized carbons (Fsp3) is 0.273. The predicted molar refractivity (Wildman–Crippen MR) is 67.9 cm³/mol. The second-order valence-electron chi connectivity index (χ2n) is 3.90. The maximum atomic E-state index is 12.6. The number of anilines is 2. The molecular weight excluding hydrogens is 277 g/mol. The largest absolute Gasteiger partial charge is 0.433 e. The van der Waals surface area contributed by atoms with E-state index in [0.717, 1.165) is 10.9 Å². The van der Waals surface area contributed by atoms with Crippen molar-refractivity contribution in [2.75, 3.05) is 17.7 Å². The molecule has 0 aliphatic rings. The molecule has 0 atom stereocenters. The van der Waals surface area contributed by atoms with Crippen LogP contribution in [0.15, 0.2) is 23.6 Å². The Balaban J connectivity index is 2.26. The van der Waals surface area contributed by atoms with Crippen LogP contribution in [-0.4, -0.2) is 17.0 Å². The third-order valence-corrected chi connectivity index (χ3v) is 3.25. The summed E-state index contributed by atoms with van der Waals surface area (Å²) in [5.41, 5.74) is 4.29. The molecule has 0 aromatic carbocycles. The molecule has 0 aliphatic carbocycles. The Bertz CT molecular complexity index is 554. The molecule has 0 unspecified atom stereocenters. The van der Waals surface area contributed by atoms with Gasteiger partial charge in [0.25, 0.3) is 0 Å². The van der Waals surface area contributed by atoms with Crippen LogP contribution in [0.25, 0.3) is 0 Å². The summed E-state index contributed by atoms with van der Waals surface area (Å²) in [5, 5.41) is 1.90. The van der Waals surface area contributed by atoms with E-state index in [1.54, 1.807) is 11.9 Å². The number of nitrogens with two attached hydrogens (primary N) is 1. The Morgan fingerprint density at radius 2 is 2.11 bits per heavy atom. The molecule has 0 fully saturated rings. The van der Waals surface area contributed by atoms with E-state index < -0.39 is 11.9 Å². The van der Waals surface area contributed by atoms with Gasteiger partial charge in [0.05, 0.1) is 6.54 Å². The van der Waals surface area contributed by atoms with Crippen LogP contribution in [0.2, 0.25) is 0 Å². The number of thiophene rings is 1. The first kappa shape index (κ1) is 13.6. The van der Waals surface area contributed by atoms with Gasteiger partial charge in [-0.3, -0.25) is 0 Å². The summed E-state index contributed by atoms with van der Waals surface area (Å²) in [6, 6.07) is 4.67. The first-order valence-electron chi connectivity index (χ1n) is 5.31. The van der Waals surface area contributed by atoms with Crippen molar-refractivity contribution >= 4 is 23.1 Å². The van der Waals surface area contributed by atoms with Gasteiger partial charge in [-0.1, -0.05) is 6.07 Å². The van der Waals surface area contributed by atoms with Crippen LogP contribution in [0.5, 0.6) is 0 Å². The maximum Gasteiger partial charge on any atom is 0.433 e. The van der Waals surface area contributed by atoms with E-state index in [-0.39, 0.29) is 11.8 Å². The van der Waals surface area contributed by atoms with Gasteiger partial charge in [-0.25, -0.2) is 4.98 Å². The van der Waals surface area contributed by atoms with Gasteiger partial charge in [-0.2, -0.15) is 18.2 Å². The summed E-state index contributed by atoms with van der Waals surface area (Å²) in [6.45, 7) is 0.464. The molecule has 0 saturated carbocycles. The molecule has 0 radical (unpaired) electrons. The minimum atomic E-state index is -4.53. The van der Waals surface area contributed by atoms with Crippen LogP contribution in [0.3, 0.4) is 0 Å². The van der Waals surface area contributed by atoms with Crippen LogP contribution in [0, 0.1) is 0 Å². The number of halogens is 3. The summed E-state index contributed by atoms with van der Waals surface area (Å²) >= 11 is 1.52. The van der Waals surface area contributed by atoms with Gasteiger partial charge in [-0.05, 0) is 11.4 Å². The van der Waals surface area contributed by atoms with E-state index in [0.29, 0.717) is 6.54 Å². The Morgan fingerprint density at radius 1 is 1.37 bits per heavy atom. The Kier molecular flexibility index (Phi) is 3.61. The smallest absolute Gasteiger partial charge is 0.368 e. The highest BCUT2D eigenvalue weighted by Gasteiger charge is 2.33. The van der Waals surface area contributed by atoms with E-state index in [2.05, 4.69) is 9.97 Å². The number of nitrogen functional groups attached to an aromatic ring is 1. The zero-order valence-corrected chi connectivity index (χ0v) is 10.8. The molecule has 19 heavy (non-hydrogen) atoms. The zero-order valence-electron chi connectivity index (χ0n) is 9.98. The van der Waals surface area contributed by atoms with Crippen LogP contribution in [-0.2, 0) is 12.7 Å². The van der Waals surface area contributed by atoms with Crippen molar-refractivity contribution in [2.24, 2.45) is 0 Å². The van der Waals surface area contributed by atoms with Crippen molar-refractivity contribution in [1.29, 1.82) is 0 Å². The molecule has 0 aliphatic heterocycles. The number of hydrogen-bond donors (Lipinski definition) is 1. The van der Waals surface area contributed by atoms with Gasteiger partial charge in [0.1, 0.15) is 5.82 Å². The summed E-state index contributed by atoms with van der Waals surface area (Å²) in [5.74, 6) is -0.240. The van der Waals surface area contributed by atoms with Gasteiger partial charge in [0.2, 0.25) is 5.95 Å². The molecule has 2 N–H and O–H groups in total. The lowest BCUT2D eigenvalue weighted by Gasteiger charge is -2.18. The van der Waals surface area contributed by atoms with Gasteiger partial charge in [0, 0.05) is 18.0 Å². The number of hydrogen-bond acceptors (Lipinski definition) is 5. The molecule has 2 aromatic rings. The SMILES string of the molecule is CN(Cc1cccs1)c1cc(C(F)(F)F)nc(N)n1. The number of rotatable bonds is 3. The molecule has 0 bridgehead atoms. The molecule has 2 heterocycles. The lowest BCUT2D eigenvalue weighted by atomic mass is 10.3. The van der Waals surface area contributed by atoms with E-state index in [9.17, 15) is 13.2 Å². The van der Waals surface area contributed by atoms with Crippen LogP contribution in [0.1, 0.15) is 10.6 Å². The lowest BCUT2D eigenvalue weighted by Crippen LogP contribution is -2.20. The summed E-state index contributed by atoms with van der Waals surface area (Å²) in [7, 11) is 1.65. The van der Waals surface area contributed by atoms with Gasteiger partial charge >= 0.3 is 6.18 Å². The minimum Gasteiger partial charge on any atom is -0.368 e. The van der Waals surface area contributed by atoms with Gasteiger partial charge in [0.15, 0.2) is 5.69 Å². The zero-order chi connectivity index (χ0) is 14.0. The Morgan fingerprint density at radius 3 is 2.68 bits per heavy atom. The van der Waals surface area contributed by atoms with Crippen LogP contribution < -0.4 is 10.6 Å². The fourth-order valence-corrected chi connectivity index (χ4v) is 2.27. The van der Waals surface area contributed by atoms with E-state index in [1.165, 1.54) is 11.3 Å². The van der Waals surface area contributed by atoms with Crippen molar-refractivity contribution in [3.63, 3.8) is 0 Å². The van der Waals surface area contributed by atoms with Crippen molar-refractivity contribution in [3.05, 3.63) is 34.2 Å². The van der Waals surface area contributed by atoms with Crippen molar-refractivity contribution in [3.8, 4) is 0 Å². The molecule has 8 heteroatoms. The van der Waals surface area contributed by atoms with Gasteiger partial charge < -0.3 is 10.6 Å². The molecule has 0 spiro atoms. The third-order valence-electron chi connectivity index (χ3n) is 2.38. The van der Waals surface area contributed by atoms with Gasteiger partial charge in [-0.15, -0.1) is 11.3 Å². The van der Waals surface area contributed by atoms with Crippen molar-refractivity contribution in [1.82, 2.24) is 9.97 Å². The first-order chi connectivity index (χ1) is 8.86. The second kappa shape index (κ2) is 5.04. The maximum absolute atomic E-state index is 12.6.